The Morgan fingerprint density at radius 3 is 2.75 bits per heavy atom. The number of hydrogen-bond donors (Lipinski definition) is 1. The van der Waals surface area contributed by atoms with Crippen molar-refractivity contribution in [3.63, 3.8) is 0 Å². The van der Waals surface area contributed by atoms with Gasteiger partial charge in [-0.2, -0.15) is 0 Å². The molecule has 3 amide bonds. The SMILES string of the molecule is C[C@@]12CCC(=O)N1c1ccccc1C(=O)N2CCC(=O)N[C@@H]1CCS(=O)(=O)C1. The lowest BCUT2D eigenvalue weighted by atomic mass is 9.98. The highest BCUT2D eigenvalue weighted by Gasteiger charge is 2.52. The van der Waals surface area contributed by atoms with E-state index in [9.17, 15) is 22.8 Å². The van der Waals surface area contributed by atoms with E-state index in [-0.39, 0.29) is 48.2 Å². The molecule has 0 spiro atoms. The first kappa shape index (κ1) is 18.9. The highest BCUT2D eigenvalue weighted by atomic mass is 32.2. The van der Waals surface area contributed by atoms with Crippen LogP contribution in [0.15, 0.2) is 24.3 Å². The van der Waals surface area contributed by atoms with E-state index >= 15 is 0 Å². The molecule has 3 aliphatic heterocycles. The van der Waals surface area contributed by atoms with Gasteiger partial charge in [-0.25, -0.2) is 8.42 Å². The summed E-state index contributed by atoms with van der Waals surface area (Å²) in [6.45, 7) is 2.02. The van der Waals surface area contributed by atoms with Gasteiger partial charge >= 0.3 is 0 Å². The number of anilines is 1. The van der Waals surface area contributed by atoms with Crippen LogP contribution in [0.1, 0.15) is 43.0 Å². The van der Waals surface area contributed by atoms with Gasteiger partial charge in [-0.1, -0.05) is 12.1 Å². The number of sulfone groups is 1. The lowest BCUT2D eigenvalue weighted by molar-refractivity contribution is -0.122. The second-order valence-corrected chi connectivity index (χ2v) is 10.1. The van der Waals surface area contributed by atoms with Crippen molar-refractivity contribution in [3.05, 3.63) is 29.8 Å². The van der Waals surface area contributed by atoms with Gasteiger partial charge in [0.05, 0.1) is 22.8 Å². The zero-order valence-electron chi connectivity index (χ0n) is 15.7. The molecule has 0 radical (unpaired) electrons. The smallest absolute Gasteiger partial charge is 0.257 e. The molecule has 3 heterocycles. The summed E-state index contributed by atoms with van der Waals surface area (Å²) < 4.78 is 23.1. The van der Waals surface area contributed by atoms with Crippen molar-refractivity contribution in [3.8, 4) is 0 Å². The molecular weight excluding hydrogens is 382 g/mol. The Kier molecular flexibility index (Phi) is 4.45. The molecule has 150 valence electrons. The minimum atomic E-state index is -3.07. The fourth-order valence-electron chi connectivity index (χ4n) is 4.46. The van der Waals surface area contributed by atoms with Crippen molar-refractivity contribution in [2.75, 3.05) is 23.0 Å². The number of fused-ring (bicyclic) bond motifs is 3. The number of carbonyl (C=O) groups excluding carboxylic acids is 3. The highest BCUT2D eigenvalue weighted by Crippen LogP contribution is 2.43. The highest BCUT2D eigenvalue weighted by molar-refractivity contribution is 7.91. The van der Waals surface area contributed by atoms with Gasteiger partial charge in [-0.15, -0.1) is 0 Å². The molecule has 2 fully saturated rings. The summed E-state index contributed by atoms with van der Waals surface area (Å²) in [4.78, 5) is 41.2. The second-order valence-electron chi connectivity index (χ2n) is 7.84. The Morgan fingerprint density at radius 1 is 1.29 bits per heavy atom. The summed E-state index contributed by atoms with van der Waals surface area (Å²) in [5, 5.41) is 2.75. The molecule has 2 atom stereocenters. The maximum atomic E-state index is 13.1. The van der Waals surface area contributed by atoms with Crippen molar-refractivity contribution < 1.29 is 22.8 Å². The third-order valence-electron chi connectivity index (χ3n) is 5.91. The fourth-order valence-corrected chi connectivity index (χ4v) is 6.14. The monoisotopic (exact) mass is 405 g/mol. The number of nitrogens with zero attached hydrogens (tertiary/aromatic N) is 2. The van der Waals surface area contributed by atoms with Crippen LogP contribution in [0.3, 0.4) is 0 Å². The van der Waals surface area contributed by atoms with Crippen molar-refractivity contribution in [1.29, 1.82) is 0 Å². The topological polar surface area (TPSA) is 104 Å². The molecule has 1 aromatic rings. The van der Waals surface area contributed by atoms with Gasteiger partial charge in [0.15, 0.2) is 9.84 Å². The van der Waals surface area contributed by atoms with Crippen LogP contribution in [-0.2, 0) is 19.4 Å². The van der Waals surface area contributed by atoms with Gasteiger partial charge in [0.25, 0.3) is 5.91 Å². The Balaban J connectivity index is 1.50. The van der Waals surface area contributed by atoms with Crippen molar-refractivity contribution in [1.82, 2.24) is 10.2 Å². The third kappa shape index (κ3) is 3.07. The molecular formula is C19H23N3O5S. The molecule has 0 unspecified atom stereocenters. The molecule has 0 bridgehead atoms. The van der Waals surface area contributed by atoms with Crippen LogP contribution < -0.4 is 10.2 Å². The van der Waals surface area contributed by atoms with Gasteiger partial charge in [-0.3, -0.25) is 19.3 Å². The van der Waals surface area contributed by atoms with E-state index in [1.54, 1.807) is 34.1 Å². The van der Waals surface area contributed by atoms with Crippen LogP contribution in [0.2, 0.25) is 0 Å². The van der Waals surface area contributed by atoms with E-state index in [1.165, 1.54) is 0 Å². The summed E-state index contributed by atoms with van der Waals surface area (Å²) in [5.74, 6) is -0.454. The first-order chi connectivity index (χ1) is 13.2. The molecule has 2 saturated heterocycles. The summed E-state index contributed by atoms with van der Waals surface area (Å²) in [6, 6.07) is 6.66. The van der Waals surface area contributed by atoms with Crippen LogP contribution >= 0.6 is 0 Å². The number of amides is 3. The fraction of sp³-hybridized carbons (Fsp3) is 0.526. The summed E-state index contributed by atoms with van der Waals surface area (Å²) in [7, 11) is -3.07. The average Bonchev–Trinajstić information content (AvgIpc) is 3.13. The molecule has 4 rings (SSSR count). The minimum Gasteiger partial charge on any atom is -0.352 e. The van der Waals surface area contributed by atoms with E-state index in [0.29, 0.717) is 30.5 Å². The number of rotatable bonds is 4. The zero-order chi connectivity index (χ0) is 20.1. The molecule has 1 aromatic carbocycles. The number of hydrogen-bond acceptors (Lipinski definition) is 5. The number of nitrogens with one attached hydrogen (secondary N) is 1. The van der Waals surface area contributed by atoms with E-state index < -0.39 is 15.5 Å². The first-order valence-electron chi connectivity index (χ1n) is 9.45. The zero-order valence-corrected chi connectivity index (χ0v) is 16.5. The van der Waals surface area contributed by atoms with Crippen LogP contribution in [0, 0.1) is 0 Å². The van der Waals surface area contributed by atoms with E-state index in [4.69, 9.17) is 0 Å². The average molecular weight is 405 g/mol. The molecule has 9 heteroatoms. The van der Waals surface area contributed by atoms with Gasteiger partial charge in [-0.05, 0) is 31.9 Å². The maximum Gasteiger partial charge on any atom is 0.257 e. The van der Waals surface area contributed by atoms with Crippen molar-refractivity contribution in [2.45, 2.75) is 44.3 Å². The molecule has 3 aliphatic rings. The number of carbonyl (C=O) groups is 3. The predicted molar refractivity (Wildman–Crippen MR) is 102 cm³/mol. The number of para-hydroxylation sites is 1. The summed E-state index contributed by atoms with van der Waals surface area (Å²) in [6.07, 6.45) is 1.33. The van der Waals surface area contributed by atoms with Crippen molar-refractivity contribution >= 4 is 33.2 Å². The van der Waals surface area contributed by atoms with E-state index in [2.05, 4.69) is 5.32 Å². The molecule has 1 N–H and O–H groups in total. The van der Waals surface area contributed by atoms with Crippen LogP contribution in [0.4, 0.5) is 5.69 Å². The Bertz CT molecular complexity index is 960. The molecule has 0 aromatic heterocycles. The van der Waals surface area contributed by atoms with Gasteiger partial charge in [0, 0.05) is 25.4 Å². The molecule has 28 heavy (non-hydrogen) atoms. The lowest BCUT2D eigenvalue weighted by Gasteiger charge is -2.48. The summed E-state index contributed by atoms with van der Waals surface area (Å²) in [5.41, 5.74) is 0.284. The quantitative estimate of drug-likeness (QED) is 0.793. The van der Waals surface area contributed by atoms with E-state index in [1.807, 2.05) is 6.92 Å². The Hall–Kier alpha value is -2.42. The largest absolute Gasteiger partial charge is 0.352 e. The van der Waals surface area contributed by atoms with Gasteiger partial charge in [0.2, 0.25) is 11.8 Å². The third-order valence-corrected chi connectivity index (χ3v) is 7.67. The van der Waals surface area contributed by atoms with Crippen LogP contribution in [0.5, 0.6) is 0 Å². The van der Waals surface area contributed by atoms with Gasteiger partial charge < -0.3 is 10.2 Å². The molecule has 0 aliphatic carbocycles. The molecule has 8 nitrogen and oxygen atoms in total. The maximum absolute atomic E-state index is 13.1. The Labute approximate surface area is 163 Å². The Morgan fingerprint density at radius 2 is 2.04 bits per heavy atom. The van der Waals surface area contributed by atoms with Gasteiger partial charge in [0.1, 0.15) is 5.66 Å². The van der Waals surface area contributed by atoms with E-state index in [0.717, 1.165) is 0 Å². The summed E-state index contributed by atoms with van der Waals surface area (Å²) >= 11 is 0. The predicted octanol–water partition coefficient (Wildman–Crippen LogP) is 0.679. The van der Waals surface area contributed by atoms with Crippen LogP contribution in [0.25, 0.3) is 0 Å². The number of benzene rings is 1. The first-order valence-corrected chi connectivity index (χ1v) is 11.3. The lowest BCUT2D eigenvalue weighted by Crippen LogP contribution is -2.62. The second kappa shape index (κ2) is 6.58. The molecule has 0 saturated carbocycles. The minimum absolute atomic E-state index is 0.0330. The standard InChI is InChI=1S/C19H23N3O5S/c1-19-9-6-17(24)22(19)15-5-3-2-4-14(15)18(25)21(19)10-7-16(23)20-13-8-11-28(26,27)12-13/h2-5,13H,6-12H2,1H3,(H,20,23)/t13-,19+/m1/s1. The van der Waals surface area contributed by atoms with Crippen molar-refractivity contribution in [2.24, 2.45) is 0 Å². The normalized spacial score (nSPS) is 28.2. The van der Waals surface area contributed by atoms with Crippen LogP contribution in [-0.4, -0.2) is 60.8 Å².